The molecule has 100 valence electrons. The van der Waals surface area contributed by atoms with Gasteiger partial charge in [-0.25, -0.2) is 0 Å². The maximum absolute atomic E-state index is 12.0. The number of carbonyl (C=O) groups is 1. The quantitative estimate of drug-likeness (QED) is 0.724. The number of nitrogens with one attached hydrogen (secondary N) is 2. The summed E-state index contributed by atoms with van der Waals surface area (Å²) in [4.78, 5) is 15.9. The second-order valence-corrected chi connectivity index (χ2v) is 4.13. The zero-order valence-corrected chi connectivity index (χ0v) is 11.2. The summed E-state index contributed by atoms with van der Waals surface area (Å²) in [6.45, 7) is 7.69. The van der Waals surface area contributed by atoms with Crippen LogP contribution in [0.4, 0.5) is 5.69 Å². The molecule has 5 heteroatoms. The number of nitrogens with zero attached hydrogens (tertiary/aromatic N) is 1. The molecule has 1 aromatic heterocycles. The number of amides is 1. The zero-order chi connectivity index (χ0) is 13.4. The predicted octanol–water partition coefficient (Wildman–Crippen LogP) is 1.67. The standard InChI is InChI=1S/C13H21N3O2/c1-4-15-12-9-14-6-5-11(12)13(17)16-7-8-18-10(2)3/h5-6,9-10,15H,4,7-8H2,1-3H3,(H,16,17). The Hall–Kier alpha value is -1.62. The molecule has 18 heavy (non-hydrogen) atoms. The van der Waals surface area contributed by atoms with Crippen LogP contribution in [-0.2, 0) is 4.74 Å². The lowest BCUT2D eigenvalue weighted by Crippen LogP contribution is -2.28. The van der Waals surface area contributed by atoms with Gasteiger partial charge in [-0.05, 0) is 26.8 Å². The Bertz CT molecular complexity index is 380. The highest BCUT2D eigenvalue weighted by atomic mass is 16.5. The predicted molar refractivity (Wildman–Crippen MR) is 71.8 cm³/mol. The Balaban J connectivity index is 2.50. The van der Waals surface area contributed by atoms with Crippen LogP contribution in [0.1, 0.15) is 31.1 Å². The van der Waals surface area contributed by atoms with E-state index in [1.165, 1.54) is 0 Å². The molecule has 0 bridgehead atoms. The third-order valence-electron chi connectivity index (χ3n) is 2.27. The lowest BCUT2D eigenvalue weighted by atomic mass is 10.2. The van der Waals surface area contributed by atoms with E-state index in [9.17, 15) is 4.79 Å². The van der Waals surface area contributed by atoms with Gasteiger partial charge in [0.15, 0.2) is 0 Å². The summed E-state index contributed by atoms with van der Waals surface area (Å²) in [6, 6.07) is 1.70. The van der Waals surface area contributed by atoms with Crippen LogP contribution in [0.2, 0.25) is 0 Å². The van der Waals surface area contributed by atoms with Gasteiger partial charge in [0.05, 0.1) is 30.2 Å². The molecule has 0 fully saturated rings. The van der Waals surface area contributed by atoms with Gasteiger partial charge < -0.3 is 15.4 Å². The fourth-order valence-corrected chi connectivity index (χ4v) is 1.48. The summed E-state index contributed by atoms with van der Waals surface area (Å²) < 4.78 is 5.36. The van der Waals surface area contributed by atoms with Crippen LogP contribution >= 0.6 is 0 Å². The van der Waals surface area contributed by atoms with E-state index in [1.807, 2.05) is 20.8 Å². The molecule has 0 saturated heterocycles. The summed E-state index contributed by atoms with van der Waals surface area (Å²) in [5, 5.41) is 5.93. The number of rotatable bonds is 7. The molecule has 0 spiro atoms. The van der Waals surface area contributed by atoms with Gasteiger partial charge in [-0.1, -0.05) is 0 Å². The van der Waals surface area contributed by atoms with Crippen molar-refractivity contribution in [3.8, 4) is 0 Å². The molecule has 0 aromatic carbocycles. The van der Waals surface area contributed by atoms with Gasteiger partial charge in [0.1, 0.15) is 0 Å². The van der Waals surface area contributed by atoms with Crippen molar-refractivity contribution >= 4 is 11.6 Å². The second kappa shape index (κ2) is 7.66. The summed E-state index contributed by atoms with van der Waals surface area (Å²) >= 11 is 0. The first-order chi connectivity index (χ1) is 8.65. The minimum absolute atomic E-state index is 0.110. The molecule has 0 radical (unpaired) electrons. The summed E-state index contributed by atoms with van der Waals surface area (Å²) in [5.74, 6) is -0.110. The third kappa shape index (κ3) is 4.71. The average molecular weight is 251 g/mol. The van der Waals surface area contributed by atoms with Gasteiger partial charge in [-0.15, -0.1) is 0 Å². The molecule has 2 N–H and O–H groups in total. The van der Waals surface area contributed by atoms with E-state index < -0.39 is 0 Å². The monoisotopic (exact) mass is 251 g/mol. The maximum atomic E-state index is 12.0. The van der Waals surface area contributed by atoms with Crippen molar-refractivity contribution in [3.63, 3.8) is 0 Å². The van der Waals surface area contributed by atoms with Crippen LogP contribution in [0.15, 0.2) is 18.5 Å². The molecule has 1 amide bonds. The largest absolute Gasteiger partial charge is 0.383 e. The molecule has 5 nitrogen and oxygen atoms in total. The fourth-order valence-electron chi connectivity index (χ4n) is 1.48. The highest BCUT2D eigenvalue weighted by Crippen LogP contribution is 2.12. The number of anilines is 1. The molecule has 0 aliphatic rings. The van der Waals surface area contributed by atoms with Crippen molar-refractivity contribution in [2.24, 2.45) is 0 Å². The van der Waals surface area contributed by atoms with Crippen molar-refractivity contribution in [1.82, 2.24) is 10.3 Å². The van der Waals surface area contributed by atoms with Crippen molar-refractivity contribution < 1.29 is 9.53 Å². The first-order valence-electron chi connectivity index (χ1n) is 6.22. The number of hydrogen-bond donors (Lipinski definition) is 2. The minimum Gasteiger partial charge on any atom is -0.383 e. The molecule has 0 atom stereocenters. The lowest BCUT2D eigenvalue weighted by Gasteiger charge is -2.11. The zero-order valence-electron chi connectivity index (χ0n) is 11.2. The summed E-state index contributed by atoms with van der Waals surface area (Å²) in [5.41, 5.74) is 1.36. The number of pyridine rings is 1. The first-order valence-corrected chi connectivity index (χ1v) is 6.22. The van der Waals surface area contributed by atoms with Crippen molar-refractivity contribution in [2.75, 3.05) is 25.0 Å². The Kier molecular flexibility index (Phi) is 6.14. The summed E-state index contributed by atoms with van der Waals surface area (Å²) in [6.07, 6.45) is 3.45. The average Bonchev–Trinajstić information content (AvgIpc) is 2.35. The molecule has 0 aliphatic carbocycles. The van der Waals surface area contributed by atoms with Gasteiger partial charge in [0, 0.05) is 19.3 Å². The molecule has 0 saturated carbocycles. The molecule has 0 aliphatic heterocycles. The van der Waals surface area contributed by atoms with Crippen molar-refractivity contribution in [3.05, 3.63) is 24.0 Å². The number of aromatic nitrogens is 1. The van der Waals surface area contributed by atoms with E-state index >= 15 is 0 Å². The summed E-state index contributed by atoms with van der Waals surface area (Å²) in [7, 11) is 0. The molecule has 1 aromatic rings. The fraction of sp³-hybridized carbons (Fsp3) is 0.538. The Morgan fingerprint density at radius 1 is 1.50 bits per heavy atom. The van der Waals surface area contributed by atoms with E-state index in [0.29, 0.717) is 18.7 Å². The van der Waals surface area contributed by atoms with Crippen LogP contribution < -0.4 is 10.6 Å². The smallest absolute Gasteiger partial charge is 0.253 e. The Labute approximate surface area is 108 Å². The van der Waals surface area contributed by atoms with E-state index in [4.69, 9.17) is 4.74 Å². The topological polar surface area (TPSA) is 63.2 Å². The van der Waals surface area contributed by atoms with Gasteiger partial charge in [0.25, 0.3) is 5.91 Å². The van der Waals surface area contributed by atoms with E-state index in [1.54, 1.807) is 18.5 Å². The minimum atomic E-state index is -0.110. The van der Waals surface area contributed by atoms with Crippen LogP contribution in [-0.4, -0.2) is 36.7 Å². The van der Waals surface area contributed by atoms with E-state index in [2.05, 4.69) is 15.6 Å². The highest BCUT2D eigenvalue weighted by Gasteiger charge is 2.10. The third-order valence-corrected chi connectivity index (χ3v) is 2.27. The van der Waals surface area contributed by atoms with Crippen molar-refractivity contribution in [2.45, 2.75) is 26.9 Å². The number of ether oxygens (including phenoxy) is 1. The maximum Gasteiger partial charge on any atom is 0.253 e. The Morgan fingerprint density at radius 2 is 2.28 bits per heavy atom. The molecule has 1 rings (SSSR count). The molecular weight excluding hydrogens is 230 g/mol. The van der Waals surface area contributed by atoms with Crippen molar-refractivity contribution in [1.29, 1.82) is 0 Å². The van der Waals surface area contributed by atoms with Gasteiger partial charge in [-0.3, -0.25) is 9.78 Å². The van der Waals surface area contributed by atoms with E-state index in [-0.39, 0.29) is 12.0 Å². The first kappa shape index (κ1) is 14.4. The van der Waals surface area contributed by atoms with Gasteiger partial charge in [-0.2, -0.15) is 0 Å². The van der Waals surface area contributed by atoms with Gasteiger partial charge >= 0.3 is 0 Å². The Morgan fingerprint density at radius 3 is 2.94 bits per heavy atom. The van der Waals surface area contributed by atoms with Crippen LogP contribution in [0.3, 0.4) is 0 Å². The van der Waals surface area contributed by atoms with E-state index in [0.717, 1.165) is 12.2 Å². The molecule has 1 heterocycles. The number of hydrogen-bond acceptors (Lipinski definition) is 4. The highest BCUT2D eigenvalue weighted by molar-refractivity contribution is 5.99. The molecule has 0 unspecified atom stereocenters. The number of carbonyl (C=O) groups excluding carboxylic acids is 1. The molecular formula is C13H21N3O2. The lowest BCUT2D eigenvalue weighted by molar-refractivity contribution is 0.0747. The van der Waals surface area contributed by atoms with Crippen LogP contribution in [0, 0.1) is 0 Å². The van der Waals surface area contributed by atoms with Crippen LogP contribution in [0.5, 0.6) is 0 Å². The second-order valence-electron chi connectivity index (χ2n) is 4.13. The SMILES string of the molecule is CCNc1cnccc1C(=O)NCCOC(C)C. The normalized spacial score (nSPS) is 10.4. The van der Waals surface area contributed by atoms with Crippen LogP contribution in [0.25, 0.3) is 0 Å². The van der Waals surface area contributed by atoms with Gasteiger partial charge in [0.2, 0.25) is 0 Å².